The zero-order valence-electron chi connectivity index (χ0n) is 12.1. The van der Waals surface area contributed by atoms with Gasteiger partial charge in [-0.2, -0.15) is 0 Å². The van der Waals surface area contributed by atoms with Crippen molar-refractivity contribution in [1.82, 2.24) is 9.80 Å². The lowest BCUT2D eigenvalue weighted by Gasteiger charge is -2.33. The van der Waals surface area contributed by atoms with Crippen LogP contribution in [0.15, 0.2) is 12.3 Å². The summed E-state index contributed by atoms with van der Waals surface area (Å²) in [6, 6.07) is 0. The number of nitrogens with zero attached hydrogens (tertiary/aromatic N) is 2. The van der Waals surface area contributed by atoms with Gasteiger partial charge in [0, 0.05) is 12.8 Å². The molecule has 0 N–H and O–H groups in total. The van der Waals surface area contributed by atoms with Gasteiger partial charge in [0.25, 0.3) is 0 Å². The molecular formula is C13H30N2OSi. The molecule has 0 aromatic carbocycles. The van der Waals surface area contributed by atoms with Crippen molar-refractivity contribution in [3.63, 3.8) is 0 Å². The molecule has 1 atom stereocenters. The highest BCUT2D eigenvalue weighted by Gasteiger charge is 2.18. The Balaban J connectivity index is 4.31. The maximum Gasteiger partial charge on any atom is 0.122 e. The predicted molar refractivity (Wildman–Crippen MR) is 79.2 cm³/mol. The van der Waals surface area contributed by atoms with Gasteiger partial charge in [0.15, 0.2) is 0 Å². The van der Waals surface area contributed by atoms with E-state index < -0.39 is 0 Å². The van der Waals surface area contributed by atoms with E-state index in [0.29, 0.717) is 0 Å². The van der Waals surface area contributed by atoms with Crippen LogP contribution in [0, 0.1) is 0 Å². The number of hydrogen-bond donors (Lipinski definition) is 0. The molecule has 0 amide bonds. The highest BCUT2D eigenvalue weighted by atomic mass is 28.2. The molecule has 0 aromatic rings. The number of rotatable bonds is 11. The molecule has 0 spiro atoms. The van der Waals surface area contributed by atoms with Crippen molar-refractivity contribution in [3.05, 3.63) is 12.3 Å². The molecule has 0 radical (unpaired) electrons. The Kier molecular flexibility index (Phi) is 10.9. The zero-order chi connectivity index (χ0) is 13.1. The smallest absolute Gasteiger partial charge is 0.122 e. The Morgan fingerprint density at radius 2 is 1.71 bits per heavy atom. The third-order valence-electron chi connectivity index (χ3n) is 3.16. The first-order valence-corrected chi connectivity index (χ1v) is 8.73. The number of likely N-dealkylation sites (N-methyl/N-ethyl adjacent to an activating group) is 2. The van der Waals surface area contributed by atoms with Crippen molar-refractivity contribution in [3.8, 4) is 0 Å². The van der Waals surface area contributed by atoms with Crippen LogP contribution in [0.3, 0.4) is 0 Å². The molecular weight excluding hydrogens is 228 g/mol. The first-order chi connectivity index (χ1) is 8.23. The summed E-state index contributed by atoms with van der Waals surface area (Å²) in [5.41, 5.74) is 2.05. The Bertz CT molecular complexity index is 182. The van der Waals surface area contributed by atoms with E-state index in [2.05, 4.69) is 49.8 Å². The van der Waals surface area contributed by atoms with Crippen molar-refractivity contribution in [2.24, 2.45) is 0 Å². The quantitative estimate of drug-likeness (QED) is 0.315. The Hall–Kier alpha value is -0.163. The van der Waals surface area contributed by atoms with Gasteiger partial charge in [-0.1, -0.05) is 27.7 Å². The van der Waals surface area contributed by atoms with Crippen LogP contribution < -0.4 is 0 Å². The Labute approximate surface area is 110 Å². The minimum Gasteiger partial charge on any atom is -0.365 e. The topological polar surface area (TPSA) is 15.7 Å². The second-order valence-electron chi connectivity index (χ2n) is 4.11. The monoisotopic (exact) mass is 258 g/mol. The SMILES string of the molecule is C=C[SiH2]COC(CN(CC)CC)N(CC)CC. The molecule has 4 heteroatoms. The van der Waals surface area contributed by atoms with E-state index in [1.54, 1.807) is 0 Å². The molecule has 0 rings (SSSR count). The van der Waals surface area contributed by atoms with Gasteiger partial charge < -0.3 is 4.74 Å². The largest absolute Gasteiger partial charge is 0.365 e. The fraction of sp³-hybridized carbons (Fsp3) is 0.846. The van der Waals surface area contributed by atoms with Gasteiger partial charge in [-0.3, -0.25) is 9.80 Å². The minimum absolute atomic E-state index is 0.218. The standard InChI is InChI=1S/C13H30N2OSi/c1-6-14(7-2)11-13(15(8-3)9-4)16-12-17-10-5/h10,13H,5-9,11-12,17H2,1-4H3. The summed E-state index contributed by atoms with van der Waals surface area (Å²) in [6.07, 6.45) is 1.16. The Morgan fingerprint density at radius 1 is 1.12 bits per heavy atom. The average Bonchev–Trinajstić information content (AvgIpc) is 2.36. The lowest BCUT2D eigenvalue weighted by atomic mass is 10.3. The summed E-state index contributed by atoms with van der Waals surface area (Å²) in [4.78, 5) is 4.83. The van der Waals surface area contributed by atoms with Crippen molar-refractivity contribution >= 4 is 9.52 Å². The molecule has 0 bridgehead atoms. The number of hydrogen-bond acceptors (Lipinski definition) is 3. The lowest BCUT2D eigenvalue weighted by molar-refractivity contribution is -0.0546. The van der Waals surface area contributed by atoms with E-state index in [9.17, 15) is 0 Å². The van der Waals surface area contributed by atoms with Crippen LogP contribution in [-0.4, -0.2) is 64.5 Å². The molecule has 3 nitrogen and oxygen atoms in total. The molecule has 1 unspecified atom stereocenters. The normalized spacial score (nSPS) is 14.0. The fourth-order valence-corrected chi connectivity index (χ4v) is 2.47. The van der Waals surface area contributed by atoms with E-state index >= 15 is 0 Å². The summed E-state index contributed by atoms with van der Waals surface area (Å²) in [5, 5.41) is 0. The van der Waals surface area contributed by atoms with E-state index in [4.69, 9.17) is 4.74 Å². The van der Waals surface area contributed by atoms with Crippen molar-refractivity contribution in [1.29, 1.82) is 0 Å². The second-order valence-corrected chi connectivity index (χ2v) is 5.67. The van der Waals surface area contributed by atoms with Crippen molar-refractivity contribution in [2.45, 2.75) is 33.9 Å². The van der Waals surface area contributed by atoms with Crippen LogP contribution in [0.4, 0.5) is 0 Å². The molecule has 0 heterocycles. The van der Waals surface area contributed by atoms with E-state index in [0.717, 1.165) is 39.0 Å². The average molecular weight is 258 g/mol. The van der Waals surface area contributed by atoms with Crippen LogP contribution in [0.1, 0.15) is 27.7 Å². The lowest BCUT2D eigenvalue weighted by Crippen LogP contribution is -2.46. The van der Waals surface area contributed by atoms with Gasteiger partial charge in [-0.15, -0.1) is 12.3 Å². The predicted octanol–water partition coefficient (Wildman–Crippen LogP) is 1.28. The van der Waals surface area contributed by atoms with E-state index in [1.165, 1.54) is 0 Å². The third kappa shape index (κ3) is 6.98. The van der Waals surface area contributed by atoms with E-state index in [-0.39, 0.29) is 15.7 Å². The van der Waals surface area contributed by atoms with Crippen LogP contribution in [-0.2, 0) is 4.74 Å². The van der Waals surface area contributed by atoms with Crippen molar-refractivity contribution in [2.75, 3.05) is 39.0 Å². The van der Waals surface area contributed by atoms with Gasteiger partial charge in [0.2, 0.25) is 0 Å². The zero-order valence-corrected chi connectivity index (χ0v) is 13.5. The second kappa shape index (κ2) is 11.0. The first kappa shape index (κ1) is 16.8. The molecule has 0 saturated heterocycles. The summed E-state index contributed by atoms with van der Waals surface area (Å²) in [5.74, 6) is 0. The van der Waals surface area contributed by atoms with Crippen LogP contribution in [0.5, 0.6) is 0 Å². The first-order valence-electron chi connectivity index (χ1n) is 6.92. The van der Waals surface area contributed by atoms with Gasteiger partial charge in [-0.25, -0.2) is 0 Å². The number of ether oxygens (including phenoxy) is 1. The highest BCUT2D eigenvalue weighted by Crippen LogP contribution is 2.04. The molecule has 17 heavy (non-hydrogen) atoms. The molecule has 0 aliphatic heterocycles. The van der Waals surface area contributed by atoms with Gasteiger partial charge in [0.1, 0.15) is 6.23 Å². The summed E-state index contributed by atoms with van der Waals surface area (Å²) in [6.45, 7) is 17.9. The molecule has 0 fully saturated rings. The molecule has 0 aliphatic rings. The van der Waals surface area contributed by atoms with E-state index in [1.807, 2.05) is 0 Å². The highest BCUT2D eigenvalue weighted by molar-refractivity contribution is 6.41. The van der Waals surface area contributed by atoms with Crippen LogP contribution in [0.25, 0.3) is 0 Å². The van der Waals surface area contributed by atoms with Gasteiger partial charge >= 0.3 is 0 Å². The van der Waals surface area contributed by atoms with Gasteiger partial charge in [0.05, 0.1) is 9.52 Å². The minimum atomic E-state index is -0.218. The molecule has 102 valence electrons. The van der Waals surface area contributed by atoms with Crippen molar-refractivity contribution < 1.29 is 4.74 Å². The van der Waals surface area contributed by atoms with Crippen LogP contribution >= 0.6 is 0 Å². The molecule has 0 aliphatic carbocycles. The maximum atomic E-state index is 6.04. The maximum absolute atomic E-state index is 6.04. The molecule has 0 aromatic heterocycles. The summed E-state index contributed by atoms with van der Waals surface area (Å²) < 4.78 is 6.04. The fourth-order valence-electron chi connectivity index (χ4n) is 1.89. The summed E-state index contributed by atoms with van der Waals surface area (Å²) >= 11 is 0. The van der Waals surface area contributed by atoms with Crippen LogP contribution in [0.2, 0.25) is 0 Å². The third-order valence-corrected chi connectivity index (χ3v) is 4.04. The Morgan fingerprint density at radius 3 is 2.12 bits per heavy atom. The summed E-state index contributed by atoms with van der Waals surface area (Å²) in [7, 11) is -0.218. The molecule has 0 saturated carbocycles. The van der Waals surface area contributed by atoms with Gasteiger partial charge in [-0.05, 0) is 26.2 Å².